The van der Waals surface area contributed by atoms with Gasteiger partial charge in [0, 0.05) is 12.8 Å². The van der Waals surface area contributed by atoms with Crippen LogP contribution in [0.25, 0.3) is 0 Å². The molecular weight excluding hydrogens is 212 g/mol. The van der Waals surface area contributed by atoms with E-state index in [9.17, 15) is 5.26 Å². The molecule has 1 heterocycles. The van der Waals surface area contributed by atoms with Crippen LogP contribution < -0.4 is 0 Å². The Kier molecular flexibility index (Phi) is 5.42. The van der Waals surface area contributed by atoms with Crippen LogP contribution in [0, 0.1) is 11.3 Å². The molecule has 0 spiro atoms. The third-order valence-electron chi connectivity index (χ3n) is 3.52. The maximum Gasteiger partial charge on any atom is 0.114 e. The predicted octanol–water partition coefficient (Wildman–Crippen LogP) is 2.96. The van der Waals surface area contributed by atoms with Gasteiger partial charge in [0.1, 0.15) is 5.54 Å². The van der Waals surface area contributed by atoms with E-state index in [4.69, 9.17) is 4.74 Å². The fraction of sp³-hybridized carbons (Fsp3) is 0.929. The molecule has 1 fully saturated rings. The van der Waals surface area contributed by atoms with Crippen LogP contribution in [0.3, 0.4) is 0 Å². The maximum atomic E-state index is 9.65. The van der Waals surface area contributed by atoms with Crippen LogP contribution in [0.1, 0.15) is 53.4 Å². The fourth-order valence-electron chi connectivity index (χ4n) is 3.03. The van der Waals surface area contributed by atoms with Crippen molar-refractivity contribution in [1.82, 2.24) is 4.90 Å². The molecule has 0 saturated carbocycles. The van der Waals surface area contributed by atoms with Gasteiger partial charge in [0.25, 0.3) is 0 Å². The molecule has 17 heavy (non-hydrogen) atoms. The summed E-state index contributed by atoms with van der Waals surface area (Å²) in [6.07, 6.45) is 4.27. The van der Waals surface area contributed by atoms with Crippen LogP contribution in [0.15, 0.2) is 0 Å². The van der Waals surface area contributed by atoms with Crippen molar-refractivity contribution in [2.45, 2.75) is 71.1 Å². The Hall–Kier alpha value is -0.590. The molecule has 3 nitrogen and oxygen atoms in total. The van der Waals surface area contributed by atoms with Crippen LogP contribution in [0.5, 0.6) is 0 Å². The minimum absolute atomic E-state index is 0.189. The number of rotatable bonds is 5. The third-order valence-corrected chi connectivity index (χ3v) is 3.52. The van der Waals surface area contributed by atoms with Crippen molar-refractivity contribution in [3.05, 3.63) is 0 Å². The molecule has 0 aromatic carbocycles. The van der Waals surface area contributed by atoms with E-state index in [0.717, 1.165) is 38.8 Å². The lowest BCUT2D eigenvalue weighted by Gasteiger charge is -2.45. The number of hydrogen-bond acceptors (Lipinski definition) is 3. The van der Waals surface area contributed by atoms with E-state index in [1.54, 1.807) is 0 Å². The zero-order valence-electron chi connectivity index (χ0n) is 11.7. The SMILES string of the molecule is CCCN(CCC)C1(C#N)CC(C)OC(C)C1. The summed E-state index contributed by atoms with van der Waals surface area (Å²) in [4.78, 5) is 2.38. The molecule has 0 N–H and O–H groups in total. The summed E-state index contributed by atoms with van der Waals surface area (Å²) >= 11 is 0. The van der Waals surface area contributed by atoms with E-state index in [0.29, 0.717) is 0 Å². The lowest BCUT2D eigenvalue weighted by atomic mass is 9.83. The second kappa shape index (κ2) is 6.37. The Labute approximate surface area is 106 Å². The lowest BCUT2D eigenvalue weighted by Crippen LogP contribution is -2.55. The van der Waals surface area contributed by atoms with Gasteiger partial charge in [-0.1, -0.05) is 13.8 Å². The molecule has 1 saturated heterocycles. The first-order valence-corrected chi connectivity index (χ1v) is 6.89. The van der Waals surface area contributed by atoms with Crippen molar-refractivity contribution >= 4 is 0 Å². The minimum Gasteiger partial charge on any atom is -0.375 e. The summed E-state index contributed by atoms with van der Waals surface area (Å²) < 4.78 is 5.77. The average molecular weight is 238 g/mol. The molecule has 2 unspecified atom stereocenters. The van der Waals surface area contributed by atoms with Gasteiger partial charge in [-0.2, -0.15) is 5.26 Å². The molecule has 0 bridgehead atoms. The van der Waals surface area contributed by atoms with Crippen LogP contribution in [-0.4, -0.2) is 35.7 Å². The monoisotopic (exact) mass is 238 g/mol. The summed E-state index contributed by atoms with van der Waals surface area (Å²) in [6, 6.07) is 2.59. The van der Waals surface area contributed by atoms with E-state index in [1.165, 1.54) is 0 Å². The van der Waals surface area contributed by atoms with Gasteiger partial charge < -0.3 is 4.74 Å². The molecule has 0 radical (unpaired) electrons. The summed E-state index contributed by atoms with van der Waals surface area (Å²) in [5, 5.41) is 9.65. The Morgan fingerprint density at radius 2 is 1.65 bits per heavy atom. The fourth-order valence-corrected chi connectivity index (χ4v) is 3.03. The van der Waals surface area contributed by atoms with E-state index in [2.05, 4.69) is 38.7 Å². The van der Waals surface area contributed by atoms with E-state index in [-0.39, 0.29) is 17.7 Å². The Bertz CT molecular complexity index is 256. The quantitative estimate of drug-likeness (QED) is 0.739. The summed E-state index contributed by atoms with van der Waals surface area (Å²) in [7, 11) is 0. The van der Waals surface area contributed by atoms with E-state index >= 15 is 0 Å². The van der Waals surface area contributed by atoms with Crippen LogP contribution >= 0.6 is 0 Å². The Morgan fingerprint density at radius 1 is 1.18 bits per heavy atom. The number of hydrogen-bond donors (Lipinski definition) is 0. The highest BCUT2D eigenvalue weighted by molar-refractivity contribution is 5.11. The first-order chi connectivity index (χ1) is 8.07. The van der Waals surface area contributed by atoms with Gasteiger partial charge in [0.15, 0.2) is 0 Å². The first kappa shape index (κ1) is 14.5. The lowest BCUT2D eigenvalue weighted by molar-refractivity contribution is -0.0871. The molecule has 98 valence electrons. The normalized spacial score (nSPS) is 33.6. The molecule has 3 heteroatoms. The van der Waals surface area contributed by atoms with Gasteiger partial charge >= 0.3 is 0 Å². The van der Waals surface area contributed by atoms with Crippen molar-refractivity contribution in [1.29, 1.82) is 5.26 Å². The van der Waals surface area contributed by atoms with Gasteiger partial charge in [0.05, 0.1) is 18.3 Å². The van der Waals surface area contributed by atoms with Gasteiger partial charge in [-0.05, 0) is 39.8 Å². The first-order valence-electron chi connectivity index (χ1n) is 6.89. The summed E-state index contributed by atoms with van der Waals surface area (Å²) in [5.74, 6) is 0. The zero-order valence-corrected chi connectivity index (χ0v) is 11.7. The number of nitriles is 1. The van der Waals surface area contributed by atoms with Gasteiger partial charge in [0.2, 0.25) is 0 Å². The largest absolute Gasteiger partial charge is 0.375 e. The van der Waals surface area contributed by atoms with Crippen molar-refractivity contribution in [3.63, 3.8) is 0 Å². The van der Waals surface area contributed by atoms with E-state index < -0.39 is 0 Å². The summed E-state index contributed by atoms with van der Waals surface area (Å²) in [6.45, 7) is 10.6. The van der Waals surface area contributed by atoms with Crippen LogP contribution in [0.2, 0.25) is 0 Å². The topological polar surface area (TPSA) is 36.3 Å². The zero-order chi connectivity index (χ0) is 12.9. The Morgan fingerprint density at radius 3 is 2.00 bits per heavy atom. The average Bonchev–Trinajstić information content (AvgIpc) is 2.27. The molecule has 0 aliphatic carbocycles. The molecule has 0 aromatic heterocycles. The molecule has 1 aliphatic rings. The molecular formula is C14H26N2O. The third kappa shape index (κ3) is 3.43. The standard InChI is InChI=1S/C14H26N2O/c1-5-7-16(8-6-2)14(11-15)9-12(3)17-13(4)10-14/h12-13H,5-10H2,1-4H3. The molecule has 2 atom stereocenters. The maximum absolute atomic E-state index is 9.65. The minimum atomic E-state index is -0.302. The van der Waals surface area contributed by atoms with Crippen LogP contribution in [-0.2, 0) is 4.74 Å². The predicted molar refractivity (Wildman–Crippen MR) is 69.7 cm³/mol. The van der Waals surface area contributed by atoms with Gasteiger partial charge in [-0.25, -0.2) is 0 Å². The van der Waals surface area contributed by atoms with Gasteiger partial charge in [-0.15, -0.1) is 0 Å². The highest BCUT2D eigenvalue weighted by Crippen LogP contribution is 2.34. The smallest absolute Gasteiger partial charge is 0.114 e. The number of nitrogens with zero attached hydrogens (tertiary/aromatic N) is 2. The molecule has 0 amide bonds. The van der Waals surface area contributed by atoms with Gasteiger partial charge in [-0.3, -0.25) is 4.90 Å². The molecule has 1 rings (SSSR count). The second-order valence-corrected chi connectivity index (χ2v) is 5.30. The van der Waals surface area contributed by atoms with Crippen molar-refractivity contribution in [3.8, 4) is 6.07 Å². The van der Waals surface area contributed by atoms with Crippen molar-refractivity contribution in [2.24, 2.45) is 0 Å². The molecule has 0 aromatic rings. The van der Waals surface area contributed by atoms with Crippen LogP contribution in [0.4, 0.5) is 0 Å². The highest BCUT2D eigenvalue weighted by Gasteiger charge is 2.42. The second-order valence-electron chi connectivity index (χ2n) is 5.30. The van der Waals surface area contributed by atoms with E-state index in [1.807, 2.05) is 0 Å². The highest BCUT2D eigenvalue weighted by atomic mass is 16.5. The summed E-state index contributed by atoms with van der Waals surface area (Å²) in [5.41, 5.74) is -0.302. The number of ether oxygens (including phenoxy) is 1. The van der Waals surface area contributed by atoms with Crippen molar-refractivity contribution in [2.75, 3.05) is 13.1 Å². The van der Waals surface area contributed by atoms with Crippen molar-refractivity contribution < 1.29 is 4.74 Å². The molecule has 1 aliphatic heterocycles. The Balaban J connectivity index is 2.87.